The Morgan fingerprint density at radius 1 is 1.03 bits per heavy atom. The topological polar surface area (TPSA) is 57.9 Å². The largest absolute Gasteiger partial charge is 0.343 e. The minimum Gasteiger partial charge on any atom is -0.343 e. The van der Waals surface area contributed by atoms with Crippen LogP contribution in [0.25, 0.3) is 21.9 Å². The van der Waals surface area contributed by atoms with Crippen molar-refractivity contribution in [3.8, 4) is 0 Å². The van der Waals surface area contributed by atoms with Crippen LogP contribution in [0.5, 0.6) is 0 Å². The highest BCUT2D eigenvalue weighted by Crippen LogP contribution is 2.31. The van der Waals surface area contributed by atoms with Gasteiger partial charge in [0, 0.05) is 36.7 Å². The monoisotopic (exact) mass is 392 g/mol. The Labute approximate surface area is 168 Å². The predicted octanol–water partition coefficient (Wildman–Crippen LogP) is 3.74. The lowest BCUT2D eigenvalue weighted by Gasteiger charge is -2.27. The van der Waals surface area contributed by atoms with Gasteiger partial charge in [-0.2, -0.15) is 0 Å². The number of nitrogens with two attached hydrogens (primary N) is 1. The number of nitrogens with zero attached hydrogens (tertiary/aromatic N) is 3. The smallest absolute Gasteiger partial charge is 0.329 e. The summed E-state index contributed by atoms with van der Waals surface area (Å²) in [6.45, 7) is 1.87. The molecular formula is C23H25FN4O. The standard InChI is InChI=1S/C23H25FN4O/c1-26-21-8-6-18(24)11-22(21)28(23(26)29)14-19-10-17-9-16(12-25)5-7-20(17)27(19)13-15-3-2-4-15/h5-11,15H,2-4,12-14,25H2,1H3. The van der Waals surface area contributed by atoms with Crippen molar-refractivity contribution in [1.29, 1.82) is 0 Å². The van der Waals surface area contributed by atoms with E-state index < -0.39 is 0 Å². The molecule has 0 atom stereocenters. The maximum absolute atomic E-state index is 13.9. The third-order valence-electron chi connectivity index (χ3n) is 6.38. The summed E-state index contributed by atoms with van der Waals surface area (Å²) in [6, 6.07) is 13.0. The van der Waals surface area contributed by atoms with Gasteiger partial charge >= 0.3 is 5.69 Å². The molecule has 2 aromatic carbocycles. The number of rotatable bonds is 5. The molecule has 0 saturated heterocycles. The number of hydrogen-bond donors (Lipinski definition) is 1. The number of halogens is 1. The van der Waals surface area contributed by atoms with Crippen LogP contribution in [0.1, 0.15) is 30.5 Å². The van der Waals surface area contributed by atoms with Gasteiger partial charge in [0.25, 0.3) is 0 Å². The van der Waals surface area contributed by atoms with Gasteiger partial charge in [-0.1, -0.05) is 12.5 Å². The van der Waals surface area contributed by atoms with Gasteiger partial charge in [-0.3, -0.25) is 9.13 Å². The summed E-state index contributed by atoms with van der Waals surface area (Å²) in [5, 5.41) is 1.14. The molecule has 1 aliphatic rings. The number of fused-ring (bicyclic) bond motifs is 2. The first-order chi connectivity index (χ1) is 14.0. The van der Waals surface area contributed by atoms with E-state index in [4.69, 9.17) is 5.73 Å². The molecule has 0 bridgehead atoms. The zero-order chi connectivity index (χ0) is 20.1. The van der Waals surface area contributed by atoms with Crippen molar-refractivity contribution in [2.45, 2.75) is 38.9 Å². The highest BCUT2D eigenvalue weighted by Gasteiger charge is 2.21. The van der Waals surface area contributed by atoms with Crippen LogP contribution in [0.15, 0.2) is 47.3 Å². The third-order valence-corrected chi connectivity index (χ3v) is 6.38. The van der Waals surface area contributed by atoms with Crippen LogP contribution in [0.3, 0.4) is 0 Å². The van der Waals surface area contributed by atoms with Crippen LogP contribution in [0.2, 0.25) is 0 Å². The first-order valence-electron chi connectivity index (χ1n) is 10.2. The van der Waals surface area contributed by atoms with E-state index in [2.05, 4.69) is 28.8 Å². The van der Waals surface area contributed by atoms with Gasteiger partial charge in [-0.15, -0.1) is 0 Å². The molecule has 150 valence electrons. The third kappa shape index (κ3) is 2.99. The fraction of sp³-hybridized carbons (Fsp3) is 0.348. The summed E-state index contributed by atoms with van der Waals surface area (Å²) in [4.78, 5) is 12.9. The molecule has 5 rings (SSSR count). The summed E-state index contributed by atoms with van der Waals surface area (Å²) in [5.41, 5.74) is 10.4. The van der Waals surface area contributed by atoms with Gasteiger partial charge in [-0.25, -0.2) is 9.18 Å². The first-order valence-corrected chi connectivity index (χ1v) is 10.2. The number of imidazole rings is 1. The normalized spacial score (nSPS) is 14.7. The summed E-state index contributed by atoms with van der Waals surface area (Å²) in [7, 11) is 1.73. The van der Waals surface area contributed by atoms with Crippen LogP contribution in [0, 0.1) is 11.7 Å². The highest BCUT2D eigenvalue weighted by molar-refractivity contribution is 5.82. The molecule has 1 aliphatic carbocycles. The van der Waals surface area contributed by atoms with Gasteiger partial charge < -0.3 is 10.3 Å². The predicted molar refractivity (Wildman–Crippen MR) is 113 cm³/mol. The Hall–Kier alpha value is -2.86. The fourth-order valence-electron chi connectivity index (χ4n) is 4.48. The van der Waals surface area contributed by atoms with E-state index in [-0.39, 0.29) is 11.5 Å². The Morgan fingerprint density at radius 2 is 1.83 bits per heavy atom. The van der Waals surface area contributed by atoms with E-state index >= 15 is 0 Å². The molecule has 2 N–H and O–H groups in total. The quantitative estimate of drug-likeness (QED) is 0.562. The minimum atomic E-state index is -0.334. The summed E-state index contributed by atoms with van der Waals surface area (Å²) in [5.74, 6) is 0.347. The van der Waals surface area contributed by atoms with Gasteiger partial charge in [0.05, 0.1) is 17.6 Å². The Balaban J connectivity index is 1.66. The SMILES string of the molecule is Cn1c(=O)n(Cc2cc3cc(CN)ccc3n2CC2CCC2)c2cc(F)ccc21. The lowest BCUT2D eigenvalue weighted by atomic mass is 9.85. The van der Waals surface area contributed by atoms with E-state index in [1.807, 2.05) is 0 Å². The van der Waals surface area contributed by atoms with Crippen LogP contribution >= 0.6 is 0 Å². The van der Waals surface area contributed by atoms with Crippen molar-refractivity contribution in [2.75, 3.05) is 0 Å². The molecule has 6 heteroatoms. The molecule has 29 heavy (non-hydrogen) atoms. The number of benzene rings is 2. The van der Waals surface area contributed by atoms with Crippen molar-refractivity contribution in [3.63, 3.8) is 0 Å². The molecular weight excluding hydrogens is 367 g/mol. The van der Waals surface area contributed by atoms with E-state index in [1.165, 1.54) is 36.9 Å². The molecule has 0 unspecified atom stereocenters. The van der Waals surface area contributed by atoms with E-state index in [1.54, 1.807) is 22.2 Å². The Bertz CT molecular complexity index is 1280. The van der Waals surface area contributed by atoms with Gasteiger partial charge in [0.1, 0.15) is 5.82 Å². The van der Waals surface area contributed by atoms with Crippen molar-refractivity contribution in [1.82, 2.24) is 13.7 Å². The summed E-state index contributed by atoms with van der Waals surface area (Å²) < 4.78 is 19.5. The molecule has 0 spiro atoms. The first kappa shape index (κ1) is 18.2. The maximum Gasteiger partial charge on any atom is 0.329 e. The van der Waals surface area contributed by atoms with Crippen molar-refractivity contribution >= 4 is 21.9 Å². The molecule has 2 aromatic heterocycles. The van der Waals surface area contributed by atoms with Crippen LogP contribution in [-0.2, 0) is 26.7 Å². The molecule has 0 aliphatic heterocycles. The van der Waals surface area contributed by atoms with E-state index in [9.17, 15) is 9.18 Å². The molecule has 0 amide bonds. The van der Waals surface area contributed by atoms with Crippen LogP contribution < -0.4 is 11.4 Å². The molecule has 1 saturated carbocycles. The Kier molecular flexibility index (Phi) is 4.32. The zero-order valence-electron chi connectivity index (χ0n) is 16.6. The van der Waals surface area contributed by atoms with Gasteiger partial charge in [-0.05, 0) is 60.7 Å². The van der Waals surface area contributed by atoms with Crippen molar-refractivity contribution < 1.29 is 4.39 Å². The number of aromatic nitrogens is 3. The second kappa shape index (κ2) is 6.88. The summed E-state index contributed by atoms with van der Waals surface area (Å²) in [6.07, 6.45) is 3.79. The molecule has 1 fully saturated rings. The van der Waals surface area contributed by atoms with Crippen molar-refractivity contribution in [2.24, 2.45) is 18.7 Å². The summed E-state index contributed by atoms with van der Waals surface area (Å²) >= 11 is 0. The highest BCUT2D eigenvalue weighted by atomic mass is 19.1. The zero-order valence-corrected chi connectivity index (χ0v) is 16.6. The molecule has 2 heterocycles. The number of hydrogen-bond acceptors (Lipinski definition) is 2. The van der Waals surface area contributed by atoms with Gasteiger partial charge in [0.15, 0.2) is 0 Å². The average molecular weight is 392 g/mol. The average Bonchev–Trinajstić information content (AvgIpc) is 3.14. The van der Waals surface area contributed by atoms with E-state index in [0.29, 0.717) is 24.5 Å². The maximum atomic E-state index is 13.9. The van der Waals surface area contributed by atoms with Crippen molar-refractivity contribution in [3.05, 3.63) is 70.0 Å². The van der Waals surface area contributed by atoms with Crippen LogP contribution in [-0.4, -0.2) is 13.7 Å². The Morgan fingerprint density at radius 3 is 2.55 bits per heavy atom. The molecule has 0 radical (unpaired) electrons. The number of aryl methyl sites for hydroxylation is 1. The van der Waals surface area contributed by atoms with Crippen LogP contribution in [0.4, 0.5) is 4.39 Å². The molecule has 4 aromatic rings. The minimum absolute atomic E-state index is 0.131. The lowest BCUT2D eigenvalue weighted by Crippen LogP contribution is -2.25. The molecule has 5 nitrogen and oxygen atoms in total. The lowest BCUT2D eigenvalue weighted by molar-refractivity contribution is 0.277. The second-order valence-electron chi connectivity index (χ2n) is 8.20. The van der Waals surface area contributed by atoms with Gasteiger partial charge in [0.2, 0.25) is 0 Å². The second-order valence-corrected chi connectivity index (χ2v) is 8.20. The van der Waals surface area contributed by atoms with E-state index in [0.717, 1.165) is 28.7 Å². The fourth-order valence-corrected chi connectivity index (χ4v) is 4.48.